The predicted molar refractivity (Wildman–Crippen MR) is 134 cm³/mol. The van der Waals surface area contributed by atoms with Gasteiger partial charge in [-0.05, 0) is 32.9 Å². The van der Waals surface area contributed by atoms with Gasteiger partial charge in [0.2, 0.25) is 0 Å². The van der Waals surface area contributed by atoms with Crippen molar-refractivity contribution in [2.45, 2.75) is 61.8 Å². The summed E-state index contributed by atoms with van der Waals surface area (Å²) in [6.45, 7) is 5.57. The molecule has 2 aromatic rings. The summed E-state index contributed by atoms with van der Waals surface area (Å²) in [7, 11) is 0. The molecule has 0 aliphatic carbocycles. The first-order valence-corrected chi connectivity index (χ1v) is 13.4. The Balaban J connectivity index is 1.67. The number of esters is 2. The van der Waals surface area contributed by atoms with Crippen molar-refractivity contribution in [3.05, 3.63) is 66.2 Å². The van der Waals surface area contributed by atoms with Gasteiger partial charge in [-0.3, -0.25) is 9.59 Å². The topological polar surface area (TPSA) is 80.3 Å². The molecule has 2 aliphatic heterocycles. The van der Waals surface area contributed by atoms with Crippen LogP contribution in [-0.4, -0.2) is 53.7 Å². The number of fused-ring (bicyclic) bond motifs is 1. The first-order valence-electron chi connectivity index (χ1n) is 11.4. The number of thioether (sulfide) groups is 1. The molecule has 0 N–H and O–H groups in total. The number of rotatable bonds is 6. The summed E-state index contributed by atoms with van der Waals surface area (Å²) in [5.74, 6) is -0.906. The predicted octanol–water partition coefficient (Wildman–Crippen LogP) is 4.88. The van der Waals surface area contributed by atoms with Crippen LogP contribution in [0.15, 0.2) is 65.6 Å². The molecule has 2 aromatic carbocycles. The van der Waals surface area contributed by atoms with Gasteiger partial charge in [0.1, 0.15) is 23.0 Å². The number of alkyl halides is 1. The molecule has 35 heavy (non-hydrogen) atoms. The third kappa shape index (κ3) is 6.46. The van der Waals surface area contributed by atoms with E-state index in [1.54, 1.807) is 20.8 Å². The highest BCUT2D eigenvalue weighted by Gasteiger charge is 2.54. The molecule has 4 unspecified atom stereocenters. The van der Waals surface area contributed by atoms with Crippen LogP contribution in [0.1, 0.15) is 32.6 Å². The van der Waals surface area contributed by atoms with Gasteiger partial charge in [-0.15, -0.1) is 0 Å². The second-order valence-electron chi connectivity index (χ2n) is 9.36. The number of hydrogen-bond acceptors (Lipinski definition) is 8. The van der Waals surface area contributed by atoms with Crippen molar-refractivity contribution in [3.63, 3.8) is 0 Å². The number of halogens is 1. The molecule has 0 aromatic heterocycles. The fourth-order valence-corrected chi connectivity index (χ4v) is 5.05. The standard InChI is InChI=1S/C26H29BrO7S/c1-26(2,3)25(29)34-21-20-18(15-30-23(33-20)16-10-6-4-7-11-16)31-24(22(21)32-19(28)14-27)35-17-12-8-5-9-13-17/h4-13,18,20-24H,14-15H2,1-3H3/t18?,20-,21?,22?,23?,24-/m1/s1. The monoisotopic (exact) mass is 564 g/mol. The molecular weight excluding hydrogens is 536 g/mol. The third-order valence-electron chi connectivity index (χ3n) is 5.58. The minimum absolute atomic E-state index is 0.00311. The lowest BCUT2D eigenvalue weighted by atomic mass is 9.95. The van der Waals surface area contributed by atoms with Crippen LogP contribution < -0.4 is 0 Å². The summed E-state index contributed by atoms with van der Waals surface area (Å²) in [6, 6.07) is 19.2. The van der Waals surface area contributed by atoms with Crippen molar-refractivity contribution in [2.24, 2.45) is 5.41 Å². The summed E-state index contributed by atoms with van der Waals surface area (Å²) in [6.07, 6.45) is -3.66. The van der Waals surface area contributed by atoms with Crippen LogP contribution in [0.2, 0.25) is 0 Å². The minimum Gasteiger partial charge on any atom is -0.455 e. The van der Waals surface area contributed by atoms with Gasteiger partial charge in [-0.25, -0.2) is 0 Å². The molecule has 7 nitrogen and oxygen atoms in total. The van der Waals surface area contributed by atoms with Gasteiger partial charge in [0.05, 0.1) is 12.0 Å². The van der Waals surface area contributed by atoms with E-state index in [1.807, 2.05) is 60.7 Å². The van der Waals surface area contributed by atoms with E-state index in [1.165, 1.54) is 11.8 Å². The van der Waals surface area contributed by atoms with Gasteiger partial charge < -0.3 is 23.7 Å². The number of carbonyl (C=O) groups is 2. The molecule has 2 aliphatic rings. The number of benzene rings is 2. The summed E-state index contributed by atoms with van der Waals surface area (Å²) in [5.41, 5.74) is -0.564. The quantitative estimate of drug-likeness (QED) is 0.362. The first kappa shape index (κ1) is 26.2. The van der Waals surface area contributed by atoms with E-state index in [2.05, 4.69) is 15.9 Å². The summed E-state index contributed by atoms with van der Waals surface area (Å²) in [4.78, 5) is 26.4. The van der Waals surface area contributed by atoms with E-state index in [9.17, 15) is 9.59 Å². The van der Waals surface area contributed by atoms with E-state index in [-0.39, 0.29) is 11.9 Å². The van der Waals surface area contributed by atoms with Gasteiger partial charge >= 0.3 is 11.9 Å². The van der Waals surface area contributed by atoms with Gasteiger partial charge in [0, 0.05) is 10.5 Å². The van der Waals surface area contributed by atoms with Crippen LogP contribution in [0.25, 0.3) is 0 Å². The van der Waals surface area contributed by atoms with Gasteiger partial charge in [-0.1, -0.05) is 76.2 Å². The molecule has 2 fully saturated rings. The maximum absolute atomic E-state index is 13.0. The Morgan fingerprint density at radius 2 is 1.63 bits per heavy atom. The highest BCUT2D eigenvalue weighted by molar-refractivity contribution is 9.09. The smallest absolute Gasteiger partial charge is 0.317 e. The van der Waals surface area contributed by atoms with Crippen LogP contribution >= 0.6 is 27.7 Å². The van der Waals surface area contributed by atoms with Gasteiger partial charge in [0.15, 0.2) is 18.5 Å². The van der Waals surface area contributed by atoms with E-state index >= 15 is 0 Å². The normalized spacial score (nSPS) is 28.6. The van der Waals surface area contributed by atoms with Crippen molar-refractivity contribution >= 4 is 39.6 Å². The van der Waals surface area contributed by atoms with E-state index < -0.39 is 53.5 Å². The van der Waals surface area contributed by atoms with Crippen LogP contribution in [0.5, 0.6) is 0 Å². The Hall–Kier alpha value is -1.91. The Labute approximate surface area is 217 Å². The Bertz CT molecular complexity index is 998. The second kappa shape index (κ2) is 11.4. The van der Waals surface area contributed by atoms with Crippen molar-refractivity contribution in [2.75, 3.05) is 11.9 Å². The number of ether oxygens (including phenoxy) is 5. The van der Waals surface area contributed by atoms with Gasteiger partial charge in [0.25, 0.3) is 0 Å². The maximum atomic E-state index is 13.0. The molecule has 0 radical (unpaired) electrons. The summed E-state index contributed by atoms with van der Waals surface area (Å²) < 4.78 is 30.5. The van der Waals surface area contributed by atoms with Crippen LogP contribution in [0.4, 0.5) is 0 Å². The summed E-state index contributed by atoms with van der Waals surface area (Å²) >= 11 is 4.56. The minimum atomic E-state index is -0.896. The van der Waals surface area contributed by atoms with Crippen LogP contribution in [0.3, 0.4) is 0 Å². The third-order valence-corrected chi connectivity index (χ3v) is 7.20. The van der Waals surface area contributed by atoms with E-state index in [4.69, 9.17) is 23.7 Å². The lowest BCUT2D eigenvalue weighted by molar-refractivity contribution is -0.321. The SMILES string of the molecule is CC(C)(C)C(=O)OC1C(OC(=O)CBr)[C@@H](Sc2ccccc2)OC2COC(c3ccccc3)O[C@H]21. The zero-order valence-electron chi connectivity index (χ0n) is 19.8. The van der Waals surface area contributed by atoms with Crippen molar-refractivity contribution < 1.29 is 33.3 Å². The zero-order chi connectivity index (χ0) is 25.0. The van der Waals surface area contributed by atoms with Crippen LogP contribution in [-0.2, 0) is 33.3 Å². The highest BCUT2D eigenvalue weighted by Crippen LogP contribution is 2.41. The molecular formula is C26H29BrO7S. The second-order valence-corrected chi connectivity index (χ2v) is 11.1. The van der Waals surface area contributed by atoms with Crippen molar-refractivity contribution in [1.29, 1.82) is 0 Å². The molecule has 0 bridgehead atoms. The van der Waals surface area contributed by atoms with Crippen molar-refractivity contribution in [3.8, 4) is 0 Å². The molecule has 0 saturated carbocycles. The summed E-state index contributed by atoms with van der Waals surface area (Å²) in [5, 5.41) is -0.00311. The molecule has 4 rings (SSSR count). The number of hydrogen-bond donors (Lipinski definition) is 0. The van der Waals surface area contributed by atoms with Crippen LogP contribution in [0, 0.1) is 5.41 Å². The van der Waals surface area contributed by atoms with Crippen molar-refractivity contribution in [1.82, 2.24) is 0 Å². The van der Waals surface area contributed by atoms with E-state index in [0.29, 0.717) is 0 Å². The molecule has 0 spiro atoms. The lowest BCUT2D eigenvalue weighted by Gasteiger charge is -2.48. The zero-order valence-corrected chi connectivity index (χ0v) is 22.2. The molecule has 0 amide bonds. The molecule has 9 heteroatoms. The maximum Gasteiger partial charge on any atom is 0.317 e. The fraction of sp³-hybridized carbons (Fsp3) is 0.462. The first-order chi connectivity index (χ1) is 16.8. The molecule has 2 saturated heterocycles. The largest absolute Gasteiger partial charge is 0.455 e. The molecule has 2 heterocycles. The Kier molecular flexibility index (Phi) is 8.54. The fourth-order valence-electron chi connectivity index (χ4n) is 3.80. The van der Waals surface area contributed by atoms with Gasteiger partial charge in [-0.2, -0.15) is 0 Å². The Morgan fingerprint density at radius 3 is 2.26 bits per heavy atom. The highest BCUT2D eigenvalue weighted by atomic mass is 79.9. The lowest BCUT2D eigenvalue weighted by Crippen LogP contribution is -2.63. The molecule has 6 atom stereocenters. The average molecular weight is 565 g/mol. The number of carbonyl (C=O) groups excluding carboxylic acids is 2. The Morgan fingerprint density at radius 1 is 0.971 bits per heavy atom. The average Bonchev–Trinajstić information content (AvgIpc) is 2.86. The van der Waals surface area contributed by atoms with E-state index in [0.717, 1.165) is 10.5 Å². The molecule has 188 valence electrons.